The van der Waals surface area contributed by atoms with E-state index in [0.29, 0.717) is 12.5 Å². The molecule has 1 aromatic rings. The first-order chi connectivity index (χ1) is 9.11. The third kappa shape index (κ3) is 3.38. The van der Waals surface area contributed by atoms with Crippen molar-refractivity contribution in [2.24, 2.45) is 13.0 Å². The van der Waals surface area contributed by atoms with Crippen LogP contribution in [0.5, 0.6) is 0 Å². The fourth-order valence-corrected chi connectivity index (χ4v) is 2.71. The van der Waals surface area contributed by atoms with Crippen LogP contribution in [0.15, 0.2) is 12.1 Å². The summed E-state index contributed by atoms with van der Waals surface area (Å²) in [5, 5.41) is 6.37. The van der Waals surface area contributed by atoms with Crippen molar-refractivity contribution in [2.45, 2.75) is 45.7 Å². The molecule has 4 nitrogen and oxygen atoms in total. The Balaban J connectivity index is 1.85. The molecule has 1 aliphatic heterocycles. The molecule has 0 spiro atoms. The zero-order chi connectivity index (χ0) is 13.8. The molecule has 2 heterocycles. The van der Waals surface area contributed by atoms with Crippen molar-refractivity contribution >= 4 is 5.91 Å². The number of nitrogens with one attached hydrogen (secondary N) is 2. The maximum Gasteiger partial charge on any atom is 0.237 e. The van der Waals surface area contributed by atoms with Gasteiger partial charge in [0, 0.05) is 18.4 Å². The van der Waals surface area contributed by atoms with Crippen LogP contribution in [-0.4, -0.2) is 23.1 Å². The Bertz CT molecular complexity index is 439. The molecule has 0 aromatic carbocycles. The van der Waals surface area contributed by atoms with Gasteiger partial charge in [0.25, 0.3) is 0 Å². The number of aryl methyl sites for hydroxylation is 1. The summed E-state index contributed by atoms with van der Waals surface area (Å²) in [5.74, 6) is 0.825. The number of rotatable bonds is 4. The average molecular weight is 263 g/mol. The van der Waals surface area contributed by atoms with Gasteiger partial charge in [-0.1, -0.05) is 13.3 Å². The molecule has 2 atom stereocenters. The highest BCUT2D eigenvalue weighted by molar-refractivity contribution is 5.81. The summed E-state index contributed by atoms with van der Waals surface area (Å²) in [7, 11) is 2.03. The molecule has 0 radical (unpaired) electrons. The maximum atomic E-state index is 12.2. The van der Waals surface area contributed by atoms with Crippen LogP contribution in [-0.2, 0) is 18.4 Å². The predicted molar refractivity (Wildman–Crippen MR) is 76.8 cm³/mol. The summed E-state index contributed by atoms with van der Waals surface area (Å²) < 4.78 is 2.11. The van der Waals surface area contributed by atoms with Gasteiger partial charge in [0.2, 0.25) is 5.91 Å². The van der Waals surface area contributed by atoms with E-state index in [1.807, 2.05) is 7.05 Å². The van der Waals surface area contributed by atoms with Gasteiger partial charge in [0.1, 0.15) is 0 Å². The van der Waals surface area contributed by atoms with Gasteiger partial charge in [0.05, 0.1) is 12.6 Å². The van der Waals surface area contributed by atoms with E-state index in [-0.39, 0.29) is 11.9 Å². The molecule has 0 saturated carbocycles. The van der Waals surface area contributed by atoms with E-state index in [0.717, 1.165) is 18.7 Å². The lowest BCUT2D eigenvalue weighted by Gasteiger charge is -2.28. The summed E-state index contributed by atoms with van der Waals surface area (Å²) in [6.45, 7) is 5.84. The first-order valence-electron chi connectivity index (χ1n) is 7.24. The predicted octanol–water partition coefficient (Wildman–Crippen LogP) is 1.73. The molecule has 2 unspecified atom stereocenters. The van der Waals surface area contributed by atoms with E-state index >= 15 is 0 Å². The third-order valence-electron chi connectivity index (χ3n) is 4.33. The molecule has 1 fully saturated rings. The number of hydrogen-bond donors (Lipinski definition) is 2. The van der Waals surface area contributed by atoms with E-state index in [1.54, 1.807) is 0 Å². The molecule has 2 rings (SSSR count). The minimum atomic E-state index is -0.0138. The lowest BCUT2D eigenvalue weighted by atomic mass is 9.90. The normalized spacial score (nSPS) is 23.3. The fourth-order valence-electron chi connectivity index (χ4n) is 2.71. The van der Waals surface area contributed by atoms with Crippen molar-refractivity contribution in [2.75, 3.05) is 6.54 Å². The van der Waals surface area contributed by atoms with Crippen molar-refractivity contribution in [3.63, 3.8) is 0 Å². The lowest BCUT2D eigenvalue weighted by Crippen LogP contribution is -2.48. The van der Waals surface area contributed by atoms with E-state index in [1.165, 1.54) is 18.5 Å². The smallest absolute Gasteiger partial charge is 0.237 e. The second-order valence-corrected chi connectivity index (χ2v) is 5.55. The Kier molecular flexibility index (Phi) is 4.64. The van der Waals surface area contributed by atoms with Gasteiger partial charge in [0.15, 0.2) is 0 Å². The molecule has 0 bridgehead atoms. The van der Waals surface area contributed by atoms with E-state index in [4.69, 9.17) is 0 Å². The molecule has 106 valence electrons. The van der Waals surface area contributed by atoms with Gasteiger partial charge < -0.3 is 15.2 Å². The fraction of sp³-hybridized carbons (Fsp3) is 0.667. The molecule has 1 amide bonds. The van der Waals surface area contributed by atoms with Crippen molar-refractivity contribution in [3.05, 3.63) is 23.5 Å². The topological polar surface area (TPSA) is 46.1 Å². The van der Waals surface area contributed by atoms with Gasteiger partial charge in [-0.2, -0.15) is 0 Å². The number of hydrogen-bond acceptors (Lipinski definition) is 2. The van der Waals surface area contributed by atoms with Crippen LogP contribution in [0.4, 0.5) is 0 Å². The average Bonchev–Trinajstić information content (AvgIpc) is 2.76. The number of nitrogens with zero attached hydrogens (tertiary/aromatic N) is 1. The van der Waals surface area contributed by atoms with Gasteiger partial charge >= 0.3 is 0 Å². The second kappa shape index (κ2) is 6.24. The minimum absolute atomic E-state index is 0.0138. The van der Waals surface area contributed by atoms with Crippen LogP contribution in [0, 0.1) is 12.8 Å². The summed E-state index contributed by atoms with van der Waals surface area (Å²) >= 11 is 0. The molecule has 2 N–H and O–H groups in total. The van der Waals surface area contributed by atoms with Crippen molar-refractivity contribution < 1.29 is 4.79 Å². The highest BCUT2D eigenvalue weighted by Gasteiger charge is 2.25. The Morgan fingerprint density at radius 3 is 2.95 bits per heavy atom. The summed E-state index contributed by atoms with van der Waals surface area (Å²) in [5.41, 5.74) is 2.36. The standard InChI is InChI=1S/C15H25N3O/c1-4-12-7-8-16-14(9-12)15(19)17-10-13-6-5-11(2)18(13)3/h5-6,12,14,16H,4,7-10H2,1-3H3,(H,17,19). The van der Waals surface area contributed by atoms with Crippen LogP contribution >= 0.6 is 0 Å². The highest BCUT2D eigenvalue weighted by Crippen LogP contribution is 2.19. The zero-order valence-electron chi connectivity index (χ0n) is 12.2. The molecule has 4 heteroatoms. The highest BCUT2D eigenvalue weighted by atomic mass is 16.2. The van der Waals surface area contributed by atoms with Crippen molar-refractivity contribution in [3.8, 4) is 0 Å². The molecular weight excluding hydrogens is 238 g/mol. The van der Waals surface area contributed by atoms with Crippen molar-refractivity contribution in [1.29, 1.82) is 0 Å². The number of carbonyl (C=O) groups excluding carboxylic acids is 1. The Hall–Kier alpha value is -1.29. The van der Waals surface area contributed by atoms with Gasteiger partial charge in [-0.25, -0.2) is 0 Å². The van der Waals surface area contributed by atoms with E-state index < -0.39 is 0 Å². The number of aromatic nitrogens is 1. The SMILES string of the molecule is CCC1CCNC(C(=O)NCc2ccc(C)n2C)C1. The second-order valence-electron chi connectivity index (χ2n) is 5.55. The van der Waals surface area contributed by atoms with Crippen molar-refractivity contribution in [1.82, 2.24) is 15.2 Å². The largest absolute Gasteiger partial charge is 0.350 e. The lowest BCUT2D eigenvalue weighted by molar-refractivity contribution is -0.124. The van der Waals surface area contributed by atoms with Gasteiger partial charge in [-0.15, -0.1) is 0 Å². The van der Waals surface area contributed by atoms with Crippen LogP contribution in [0.3, 0.4) is 0 Å². The number of carbonyl (C=O) groups is 1. The monoisotopic (exact) mass is 263 g/mol. The van der Waals surface area contributed by atoms with Crippen LogP contribution in [0.25, 0.3) is 0 Å². The number of amides is 1. The molecule has 1 saturated heterocycles. The maximum absolute atomic E-state index is 12.2. The quantitative estimate of drug-likeness (QED) is 0.869. The summed E-state index contributed by atoms with van der Waals surface area (Å²) in [6, 6.07) is 4.13. The molecular formula is C15H25N3O. The zero-order valence-corrected chi connectivity index (χ0v) is 12.2. The number of piperidine rings is 1. The molecule has 1 aromatic heterocycles. The van der Waals surface area contributed by atoms with Crippen LogP contribution in [0.1, 0.15) is 37.6 Å². The van der Waals surface area contributed by atoms with E-state index in [2.05, 4.69) is 41.2 Å². The van der Waals surface area contributed by atoms with Gasteiger partial charge in [-0.3, -0.25) is 4.79 Å². The van der Waals surface area contributed by atoms with Gasteiger partial charge in [-0.05, 0) is 44.4 Å². The Morgan fingerprint density at radius 1 is 1.53 bits per heavy atom. The molecule has 19 heavy (non-hydrogen) atoms. The molecule has 0 aliphatic carbocycles. The first kappa shape index (κ1) is 14.1. The first-order valence-corrected chi connectivity index (χ1v) is 7.24. The van der Waals surface area contributed by atoms with E-state index in [9.17, 15) is 4.79 Å². The summed E-state index contributed by atoms with van der Waals surface area (Å²) in [4.78, 5) is 12.2. The molecule has 1 aliphatic rings. The minimum Gasteiger partial charge on any atom is -0.350 e. The van der Waals surface area contributed by atoms with Crippen LogP contribution in [0.2, 0.25) is 0 Å². The third-order valence-corrected chi connectivity index (χ3v) is 4.33. The summed E-state index contributed by atoms with van der Waals surface area (Å²) in [6.07, 6.45) is 3.33. The Morgan fingerprint density at radius 2 is 2.32 bits per heavy atom. The Labute approximate surface area is 115 Å². The van der Waals surface area contributed by atoms with Crippen LogP contribution < -0.4 is 10.6 Å².